The minimum atomic E-state index is -0.239. The summed E-state index contributed by atoms with van der Waals surface area (Å²) in [4.78, 5) is 5.01. The predicted octanol–water partition coefficient (Wildman–Crippen LogP) is 23.1. The molecule has 0 saturated heterocycles. The van der Waals surface area contributed by atoms with Crippen LogP contribution in [0.1, 0.15) is 84.6 Å². The van der Waals surface area contributed by atoms with Gasteiger partial charge < -0.3 is 18.3 Å². The van der Waals surface area contributed by atoms with Crippen LogP contribution >= 0.6 is 22.7 Å². The van der Waals surface area contributed by atoms with Gasteiger partial charge in [-0.2, -0.15) is 5.26 Å². The number of nitriles is 1. The Kier molecular flexibility index (Phi) is 10.9. The van der Waals surface area contributed by atoms with Crippen LogP contribution in [0.15, 0.2) is 200 Å². The first-order chi connectivity index (χ1) is 42.5. The van der Waals surface area contributed by atoms with E-state index in [2.05, 4.69) is 287 Å². The third-order valence-corrected chi connectivity index (χ3v) is 21.2. The van der Waals surface area contributed by atoms with E-state index in [0.717, 1.165) is 108 Å². The Morgan fingerprint density at radius 2 is 0.784 bits per heavy atom. The van der Waals surface area contributed by atoms with Crippen molar-refractivity contribution in [3.8, 4) is 28.8 Å². The molecule has 0 radical (unpaired) electrons. The molecule has 6 aromatic heterocycles. The van der Waals surface area contributed by atoms with Crippen LogP contribution in [0, 0.1) is 17.9 Å². The van der Waals surface area contributed by atoms with Gasteiger partial charge in [-0.1, -0.05) is 196 Å². The molecule has 0 unspecified atom stereocenters. The van der Waals surface area contributed by atoms with Crippen molar-refractivity contribution in [3.05, 3.63) is 234 Å². The number of hydrogen-bond donors (Lipinski definition) is 0. The molecule has 17 aromatic rings. The van der Waals surface area contributed by atoms with Crippen molar-refractivity contribution in [3.63, 3.8) is 0 Å². The van der Waals surface area contributed by atoms with E-state index in [1.807, 2.05) is 11.3 Å². The van der Waals surface area contributed by atoms with Crippen molar-refractivity contribution in [2.75, 3.05) is 0 Å². The Labute approximate surface area is 517 Å². The van der Waals surface area contributed by atoms with Crippen molar-refractivity contribution < 1.29 is 0 Å². The maximum atomic E-state index is 13.1. The lowest BCUT2D eigenvalue weighted by atomic mass is 9.82. The van der Waals surface area contributed by atoms with Gasteiger partial charge in [0.25, 0.3) is 0 Å². The first-order valence-electron chi connectivity index (χ1n) is 30.3. The fourth-order valence-corrected chi connectivity index (χ4v) is 17.2. The van der Waals surface area contributed by atoms with Gasteiger partial charge >= 0.3 is 0 Å². The van der Waals surface area contributed by atoms with Crippen molar-refractivity contribution in [2.45, 2.75) is 78.6 Å². The Bertz CT molecular complexity index is 5770. The average Bonchev–Trinajstić information content (AvgIpc) is 1.48. The molecule has 6 heterocycles. The average molecular weight is 1170 g/mol. The molecule has 0 saturated carbocycles. The van der Waals surface area contributed by atoms with E-state index in [1.54, 1.807) is 11.3 Å². The van der Waals surface area contributed by atoms with Gasteiger partial charge in [-0.05, 0) is 99.7 Å². The molecule has 0 N–H and O–H groups in total. The molecular formula is C80H60N6S2. The van der Waals surface area contributed by atoms with Gasteiger partial charge in [-0.3, -0.25) is 0 Å². The van der Waals surface area contributed by atoms with Gasteiger partial charge in [0.1, 0.15) is 6.07 Å². The summed E-state index contributed by atoms with van der Waals surface area (Å²) in [6.45, 7) is 30.9. The molecule has 0 fully saturated rings. The molecule has 6 nitrogen and oxygen atoms in total. The maximum Gasteiger partial charge on any atom is 0.237 e. The lowest BCUT2D eigenvalue weighted by Crippen LogP contribution is -2.15. The molecule has 0 aliphatic heterocycles. The highest BCUT2D eigenvalue weighted by molar-refractivity contribution is 7.27. The van der Waals surface area contributed by atoms with E-state index in [-0.39, 0.29) is 16.2 Å². The molecule has 0 aliphatic rings. The molecule has 0 aliphatic carbocycles. The topological polar surface area (TPSA) is 47.9 Å². The third-order valence-electron chi connectivity index (χ3n) is 18.8. The summed E-state index contributed by atoms with van der Waals surface area (Å²) >= 11 is 3.62. The van der Waals surface area contributed by atoms with E-state index in [9.17, 15) is 11.8 Å². The lowest BCUT2D eigenvalue weighted by molar-refractivity contribution is 0.591. The highest BCUT2D eigenvalue weighted by atomic mass is 32.1. The summed E-state index contributed by atoms with van der Waals surface area (Å²) < 4.78 is 14.2. The molecule has 88 heavy (non-hydrogen) atoms. The summed E-state index contributed by atoms with van der Waals surface area (Å²) in [6, 6.07) is 76.2. The fraction of sp³-hybridized carbons (Fsp3) is 0.150. The van der Waals surface area contributed by atoms with E-state index in [4.69, 9.17) is 4.85 Å². The van der Waals surface area contributed by atoms with Gasteiger partial charge in [0.2, 0.25) is 5.69 Å². The normalized spacial score (nSPS) is 12.8. The van der Waals surface area contributed by atoms with Crippen LogP contribution in [0.2, 0.25) is 0 Å². The molecular weight excluding hydrogens is 1110 g/mol. The second-order valence-corrected chi connectivity index (χ2v) is 29.1. The third kappa shape index (κ3) is 7.13. The Morgan fingerprint density at radius 3 is 1.30 bits per heavy atom. The molecule has 0 atom stereocenters. The summed E-state index contributed by atoms with van der Waals surface area (Å²) in [5.74, 6) is 0. The number of benzene rings is 11. The van der Waals surface area contributed by atoms with E-state index in [0.29, 0.717) is 28.3 Å². The van der Waals surface area contributed by atoms with E-state index < -0.39 is 0 Å². The van der Waals surface area contributed by atoms with Crippen LogP contribution < -0.4 is 0 Å². The second kappa shape index (κ2) is 18.3. The fourth-order valence-electron chi connectivity index (χ4n) is 14.7. The van der Waals surface area contributed by atoms with Crippen LogP contribution in [-0.4, -0.2) is 18.3 Å². The Hall–Kier alpha value is -9.96. The minimum absolute atomic E-state index is 0.164. The quantitative estimate of drug-likeness (QED) is 0.162. The number of rotatable bonds is 4. The van der Waals surface area contributed by atoms with Gasteiger partial charge in [-0.15, -0.1) is 22.7 Å². The first kappa shape index (κ1) is 52.4. The molecule has 8 heteroatoms. The summed E-state index contributed by atoms with van der Waals surface area (Å²) in [7, 11) is 0. The van der Waals surface area contributed by atoms with Crippen LogP contribution in [0.3, 0.4) is 0 Å². The number of thiophene rings is 2. The maximum absolute atomic E-state index is 13.1. The van der Waals surface area contributed by atoms with Crippen LogP contribution in [0.5, 0.6) is 0 Å². The zero-order chi connectivity index (χ0) is 60.0. The van der Waals surface area contributed by atoms with Gasteiger partial charge in [-0.25, -0.2) is 4.85 Å². The largest absolute Gasteiger partial charge is 0.317 e. The van der Waals surface area contributed by atoms with Gasteiger partial charge in [0.15, 0.2) is 0 Å². The van der Waals surface area contributed by atoms with Crippen LogP contribution in [0.25, 0.3) is 155 Å². The molecule has 17 rings (SSSR count). The summed E-state index contributed by atoms with van der Waals surface area (Å²) in [6.07, 6.45) is 0. The molecule has 422 valence electrons. The Balaban J connectivity index is 1.22. The smallest absolute Gasteiger partial charge is 0.237 e. The molecule has 0 bridgehead atoms. The number of nitrogens with zero attached hydrogens (tertiary/aromatic N) is 6. The predicted molar refractivity (Wildman–Crippen MR) is 377 cm³/mol. The van der Waals surface area contributed by atoms with Crippen molar-refractivity contribution >= 4 is 156 Å². The van der Waals surface area contributed by atoms with Crippen LogP contribution in [0.4, 0.5) is 5.69 Å². The van der Waals surface area contributed by atoms with E-state index in [1.165, 1.54) is 42.2 Å². The number of para-hydroxylation sites is 4. The Morgan fingerprint density at radius 1 is 0.364 bits per heavy atom. The number of fused-ring (bicyclic) bond motifs is 20. The van der Waals surface area contributed by atoms with Crippen molar-refractivity contribution in [1.82, 2.24) is 18.3 Å². The highest BCUT2D eigenvalue weighted by Gasteiger charge is 2.37. The molecule has 0 amide bonds. The van der Waals surface area contributed by atoms with Gasteiger partial charge in [0.05, 0.1) is 88.4 Å². The number of hydrogen-bond acceptors (Lipinski definition) is 3. The SMILES string of the molecule is [C-]#[N+]c1c(-n2c3ccccc3c3ccccc32)c(-n2c3ccc(C(C)(C)C)cc3c3cc(C(C)(C)C)c4c5ccccc5sc4c32)c(-n2c3ccccc3c3ccccc32)c(C#N)c1-n1c2ccc(C(C)(C)C)cc2c2ccc3c4ccccc4sc3c21. The molecule has 0 spiro atoms. The monoisotopic (exact) mass is 1170 g/mol. The second-order valence-electron chi connectivity index (χ2n) is 27.0. The zero-order valence-corrected chi connectivity index (χ0v) is 52.2. The first-order valence-corrected chi connectivity index (χ1v) is 32.0. The lowest BCUT2D eigenvalue weighted by Gasteiger charge is -2.28. The number of aromatic nitrogens is 4. The zero-order valence-electron chi connectivity index (χ0n) is 50.6. The summed E-state index contributed by atoms with van der Waals surface area (Å²) in [5, 5.41) is 26.6. The van der Waals surface area contributed by atoms with E-state index >= 15 is 0 Å². The summed E-state index contributed by atoms with van der Waals surface area (Å²) in [5.41, 5.74) is 14.3. The molecule has 11 aromatic carbocycles. The van der Waals surface area contributed by atoms with Gasteiger partial charge in [0, 0.05) is 74.0 Å². The van der Waals surface area contributed by atoms with Crippen molar-refractivity contribution in [1.29, 1.82) is 5.26 Å². The standard InChI is InChI=1S/C80H60N6S2/c1-78(2,3)45-35-39-64-55(41-45)52-37-38-53-51-27-15-21-33-66(51)87-76(53)72(52)85(64)70-58(44-81)71(83-60-29-17-11-23-47(60)48-24-12-18-30-61(48)83)75(74(69(70)82-10)84-62-31-19-13-25-49(62)50-26-14-20-32-63(50)84)86-65-40-36-46(79(4,5)6)42-56(65)57-43-59(80(7,8)9)68-54-28-16-22-34-67(54)88-77(68)73(57)86/h11-43H,1-9H3. The minimum Gasteiger partial charge on any atom is -0.317 e. The van der Waals surface area contributed by atoms with Crippen LogP contribution in [-0.2, 0) is 16.2 Å². The highest BCUT2D eigenvalue weighted by Crippen LogP contribution is 2.55. The van der Waals surface area contributed by atoms with Crippen molar-refractivity contribution in [2.24, 2.45) is 0 Å².